The lowest BCUT2D eigenvalue weighted by Crippen LogP contribution is -1.90. The molecule has 0 amide bonds. The van der Waals surface area contributed by atoms with Gasteiger partial charge >= 0.3 is 0 Å². The van der Waals surface area contributed by atoms with E-state index in [1.807, 2.05) is 25.1 Å². The number of rotatable bonds is 2. The summed E-state index contributed by atoms with van der Waals surface area (Å²) in [7, 11) is 0. The van der Waals surface area contributed by atoms with E-state index in [-0.39, 0.29) is 0 Å². The van der Waals surface area contributed by atoms with E-state index >= 15 is 0 Å². The Morgan fingerprint density at radius 1 is 1.29 bits per heavy atom. The van der Waals surface area contributed by atoms with Crippen LogP contribution in [0.3, 0.4) is 0 Å². The van der Waals surface area contributed by atoms with Gasteiger partial charge in [-0.25, -0.2) is 0 Å². The van der Waals surface area contributed by atoms with E-state index < -0.39 is 0 Å². The van der Waals surface area contributed by atoms with E-state index in [2.05, 4.69) is 39.9 Å². The molecule has 0 atom stereocenters. The third-order valence-corrected chi connectivity index (χ3v) is 3.45. The lowest BCUT2D eigenvalue weighted by Gasteiger charge is -1.96. The van der Waals surface area contributed by atoms with Crippen LogP contribution in [-0.2, 0) is 6.42 Å². The highest BCUT2D eigenvalue weighted by molar-refractivity contribution is 14.1. The number of aromatic nitrogens is 1. The molecule has 1 heterocycles. The van der Waals surface area contributed by atoms with E-state index in [0.717, 1.165) is 21.4 Å². The molecule has 2 aromatic rings. The van der Waals surface area contributed by atoms with E-state index in [4.69, 9.17) is 4.52 Å². The molecular formula is C11H10INO. The van der Waals surface area contributed by atoms with Gasteiger partial charge in [0.05, 0.1) is 3.57 Å². The van der Waals surface area contributed by atoms with Gasteiger partial charge in [0.1, 0.15) is 11.5 Å². The lowest BCUT2D eigenvalue weighted by molar-refractivity contribution is 0.391. The highest BCUT2D eigenvalue weighted by atomic mass is 127. The van der Waals surface area contributed by atoms with Crippen LogP contribution in [0.15, 0.2) is 34.9 Å². The Labute approximate surface area is 96.4 Å². The van der Waals surface area contributed by atoms with Crippen LogP contribution < -0.4 is 0 Å². The lowest BCUT2D eigenvalue weighted by atomic mass is 10.1. The molecule has 0 aliphatic rings. The Morgan fingerprint density at radius 2 is 2.00 bits per heavy atom. The zero-order valence-corrected chi connectivity index (χ0v) is 9.98. The van der Waals surface area contributed by atoms with Gasteiger partial charge in [0.25, 0.3) is 0 Å². The van der Waals surface area contributed by atoms with Crippen LogP contribution in [0.4, 0.5) is 0 Å². The summed E-state index contributed by atoms with van der Waals surface area (Å²) in [6.45, 7) is 1.93. The molecule has 0 aliphatic heterocycles. The first-order valence-electron chi connectivity index (χ1n) is 4.42. The smallest absolute Gasteiger partial charge is 0.147 e. The van der Waals surface area contributed by atoms with Gasteiger partial charge in [-0.3, -0.25) is 0 Å². The number of benzene rings is 1. The summed E-state index contributed by atoms with van der Waals surface area (Å²) in [5.74, 6) is 0.900. The summed E-state index contributed by atoms with van der Waals surface area (Å²) in [5.41, 5.74) is 2.29. The fraction of sp³-hybridized carbons (Fsp3) is 0.182. The summed E-state index contributed by atoms with van der Waals surface area (Å²) < 4.78 is 6.24. The molecule has 0 N–H and O–H groups in total. The average molecular weight is 299 g/mol. The van der Waals surface area contributed by atoms with Crippen molar-refractivity contribution >= 4 is 22.6 Å². The van der Waals surface area contributed by atoms with Crippen molar-refractivity contribution in [3.05, 3.63) is 50.9 Å². The summed E-state index contributed by atoms with van der Waals surface area (Å²) in [4.78, 5) is 0. The molecule has 2 nitrogen and oxygen atoms in total. The van der Waals surface area contributed by atoms with Gasteiger partial charge in [0.15, 0.2) is 0 Å². The van der Waals surface area contributed by atoms with E-state index in [9.17, 15) is 0 Å². The fourth-order valence-corrected chi connectivity index (χ4v) is 1.69. The Hall–Kier alpha value is -0.840. The van der Waals surface area contributed by atoms with E-state index in [1.54, 1.807) is 0 Å². The van der Waals surface area contributed by atoms with Crippen LogP contribution in [0, 0.1) is 10.5 Å². The number of hydrogen-bond acceptors (Lipinski definition) is 2. The van der Waals surface area contributed by atoms with Gasteiger partial charge in [-0.05, 0) is 35.1 Å². The highest BCUT2D eigenvalue weighted by Crippen LogP contribution is 2.18. The summed E-state index contributed by atoms with van der Waals surface area (Å²) in [5, 5.41) is 4.03. The Morgan fingerprint density at radius 3 is 2.57 bits per heavy atom. The third kappa shape index (κ3) is 1.97. The van der Waals surface area contributed by atoms with Crippen LogP contribution in [0.1, 0.15) is 17.0 Å². The zero-order valence-electron chi connectivity index (χ0n) is 7.83. The van der Waals surface area contributed by atoms with Crippen molar-refractivity contribution in [1.29, 1.82) is 0 Å². The monoisotopic (exact) mass is 299 g/mol. The van der Waals surface area contributed by atoms with Crippen molar-refractivity contribution in [1.82, 2.24) is 5.16 Å². The molecule has 0 saturated heterocycles. The van der Waals surface area contributed by atoms with Crippen molar-refractivity contribution in [2.75, 3.05) is 0 Å². The minimum absolute atomic E-state index is 0.844. The quantitative estimate of drug-likeness (QED) is 0.796. The second-order valence-corrected chi connectivity index (χ2v) is 4.24. The molecule has 3 heteroatoms. The van der Waals surface area contributed by atoms with E-state index in [0.29, 0.717) is 0 Å². The molecule has 2 rings (SSSR count). The molecule has 0 radical (unpaired) electrons. The molecule has 0 fully saturated rings. The standard InChI is InChI=1S/C11H10INO/c1-8-11(12)10(13-14-8)7-9-5-3-2-4-6-9/h2-6H,7H2,1H3. The van der Waals surface area contributed by atoms with Crippen LogP contribution >= 0.6 is 22.6 Å². The molecular weight excluding hydrogens is 289 g/mol. The number of halogens is 1. The van der Waals surface area contributed by atoms with Gasteiger partial charge in [-0.2, -0.15) is 0 Å². The van der Waals surface area contributed by atoms with Gasteiger partial charge in [0.2, 0.25) is 0 Å². The molecule has 0 aliphatic carbocycles. The van der Waals surface area contributed by atoms with Gasteiger partial charge in [-0.15, -0.1) is 0 Å². The largest absolute Gasteiger partial charge is 0.360 e. The predicted molar refractivity (Wildman–Crippen MR) is 63.2 cm³/mol. The molecule has 0 saturated carbocycles. The minimum atomic E-state index is 0.844. The van der Waals surface area contributed by atoms with Crippen LogP contribution in [-0.4, -0.2) is 5.16 Å². The topological polar surface area (TPSA) is 26.0 Å². The van der Waals surface area contributed by atoms with Crippen LogP contribution in [0.2, 0.25) is 0 Å². The Kier molecular flexibility index (Phi) is 2.86. The first-order chi connectivity index (χ1) is 6.77. The van der Waals surface area contributed by atoms with Crippen LogP contribution in [0.25, 0.3) is 0 Å². The van der Waals surface area contributed by atoms with Crippen LogP contribution in [0.5, 0.6) is 0 Å². The maximum Gasteiger partial charge on any atom is 0.147 e. The Bertz CT molecular complexity index is 422. The second-order valence-electron chi connectivity index (χ2n) is 3.16. The fourth-order valence-electron chi connectivity index (χ4n) is 1.31. The first-order valence-corrected chi connectivity index (χ1v) is 5.50. The second kappa shape index (κ2) is 4.13. The summed E-state index contributed by atoms with van der Waals surface area (Å²) >= 11 is 2.27. The predicted octanol–water partition coefficient (Wildman–Crippen LogP) is 3.18. The first kappa shape index (κ1) is 9.71. The molecule has 0 unspecified atom stereocenters. The molecule has 0 bridgehead atoms. The number of aryl methyl sites for hydroxylation is 1. The molecule has 72 valence electrons. The highest BCUT2D eigenvalue weighted by Gasteiger charge is 2.09. The van der Waals surface area contributed by atoms with E-state index in [1.165, 1.54) is 5.56 Å². The molecule has 1 aromatic heterocycles. The van der Waals surface area contributed by atoms with Gasteiger partial charge in [-0.1, -0.05) is 35.5 Å². The van der Waals surface area contributed by atoms with Crippen molar-refractivity contribution in [3.63, 3.8) is 0 Å². The number of nitrogens with zero attached hydrogens (tertiary/aromatic N) is 1. The SMILES string of the molecule is Cc1onc(Cc2ccccc2)c1I. The maximum absolute atomic E-state index is 5.11. The minimum Gasteiger partial charge on any atom is -0.360 e. The normalized spacial score (nSPS) is 10.4. The van der Waals surface area contributed by atoms with Crippen molar-refractivity contribution < 1.29 is 4.52 Å². The summed E-state index contributed by atoms with van der Waals surface area (Å²) in [6, 6.07) is 10.3. The zero-order chi connectivity index (χ0) is 9.97. The Balaban J connectivity index is 2.23. The van der Waals surface area contributed by atoms with Crippen molar-refractivity contribution in [2.45, 2.75) is 13.3 Å². The molecule has 14 heavy (non-hydrogen) atoms. The number of hydrogen-bond donors (Lipinski definition) is 0. The van der Waals surface area contributed by atoms with Gasteiger partial charge < -0.3 is 4.52 Å². The van der Waals surface area contributed by atoms with Crippen molar-refractivity contribution in [2.24, 2.45) is 0 Å². The molecule has 0 spiro atoms. The van der Waals surface area contributed by atoms with Gasteiger partial charge in [0, 0.05) is 6.42 Å². The average Bonchev–Trinajstić information content (AvgIpc) is 2.52. The third-order valence-electron chi connectivity index (χ3n) is 2.07. The summed E-state index contributed by atoms with van der Waals surface area (Å²) in [6.07, 6.45) is 0.844. The maximum atomic E-state index is 5.11. The molecule has 1 aromatic carbocycles. The van der Waals surface area contributed by atoms with Crippen molar-refractivity contribution in [3.8, 4) is 0 Å².